The first-order valence-electron chi connectivity index (χ1n) is 4.16. The number of halogens is 1. The molecule has 1 N–H and O–H groups in total. The molecule has 0 aliphatic rings. The van der Waals surface area contributed by atoms with Crippen LogP contribution in [-0.2, 0) is 7.05 Å². The number of benzene rings is 1. The molecule has 0 fully saturated rings. The highest BCUT2D eigenvalue weighted by Crippen LogP contribution is 2.29. The molecule has 0 aliphatic heterocycles. The SMILES string of the molecule is Cn1ncc(O)c1-c1ccccc1F. The predicted octanol–water partition coefficient (Wildman–Crippen LogP) is 1.93. The maximum absolute atomic E-state index is 13.4. The Kier molecular flexibility index (Phi) is 1.96. The van der Waals surface area contributed by atoms with Gasteiger partial charge in [-0.1, -0.05) is 12.1 Å². The summed E-state index contributed by atoms with van der Waals surface area (Å²) in [5.41, 5.74) is 0.744. The lowest BCUT2D eigenvalue weighted by atomic mass is 10.1. The van der Waals surface area contributed by atoms with E-state index in [4.69, 9.17) is 0 Å². The van der Waals surface area contributed by atoms with Gasteiger partial charge in [0.25, 0.3) is 0 Å². The van der Waals surface area contributed by atoms with Crippen LogP contribution in [0.5, 0.6) is 5.75 Å². The van der Waals surface area contributed by atoms with Gasteiger partial charge >= 0.3 is 0 Å². The summed E-state index contributed by atoms with van der Waals surface area (Å²) in [4.78, 5) is 0. The second-order valence-corrected chi connectivity index (χ2v) is 2.98. The van der Waals surface area contributed by atoms with Gasteiger partial charge in [-0.05, 0) is 12.1 Å². The molecule has 0 saturated heterocycles. The molecule has 3 nitrogen and oxygen atoms in total. The van der Waals surface area contributed by atoms with Crippen molar-refractivity contribution in [1.82, 2.24) is 9.78 Å². The van der Waals surface area contributed by atoms with E-state index in [9.17, 15) is 9.50 Å². The summed E-state index contributed by atoms with van der Waals surface area (Å²) in [5, 5.41) is 13.3. The Hall–Kier alpha value is -1.84. The third-order valence-electron chi connectivity index (χ3n) is 2.05. The number of hydrogen-bond donors (Lipinski definition) is 1. The Morgan fingerprint density at radius 3 is 2.64 bits per heavy atom. The van der Waals surface area contributed by atoms with Gasteiger partial charge in [-0.25, -0.2) is 4.39 Å². The molecular weight excluding hydrogens is 183 g/mol. The van der Waals surface area contributed by atoms with Gasteiger partial charge in [0.1, 0.15) is 11.5 Å². The Bertz CT molecular complexity index is 445. The van der Waals surface area contributed by atoms with Crippen LogP contribution in [0.15, 0.2) is 30.5 Å². The van der Waals surface area contributed by atoms with E-state index in [0.717, 1.165) is 0 Å². The van der Waals surface area contributed by atoms with E-state index in [0.29, 0.717) is 11.3 Å². The molecule has 4 heteroatoms. The minimum Gasteiger partial charge on any atom is -0.504 e. The molecule has 2 aromatic rings. The van der Waals surface area contributed by atoms with Crippen LogP contribution < -0.4 is 0 Å². The van der Waals surface area contributed by atoms with Crippen molar-refractivity contribution in [3.63, 3.8) is 0 Å². The van der Waals surface area contributed by atoms with Crippen LogP contribution >= 0.6 is 0 Å². The van der Waals surface area contributed by atoms with E-state index in [2.05, 4.69) is 5.10 Å². The predicted molar refractivity (Wildman–Crippen MR) is 50.3 cm³/mol. The number of rotatable bonds is 1. The molecule has 2 rings (SSSR count). The minimum absolute atomic E-state index is 0.0161. The van der Waals surface area contributed by atoms with Crippen molar-refractivity contribution >= 4 is 0 Å². The molecule has 1 heterocycles. The van der Waals surface area contributed by atoms with E-state index in [-0.39, 0.29) is 11.6 Å². The van der Waals surface area contributed by atoms with Crippen molar-refractivity contribution < 1.29 is 9.50 Å². The van der Waals surface area contributed by atoms with Crippen molar-refractivity contribution in [3.05, 3.63) is 36.3 Å². The van der Waals surface area contributed by atoms with Crippen LogP contribution in [0.3, 0.4) is 0 Å². The van der Waals surface area contributed by atoms with Gasteiger partial charge in [-0.2, -0.15) is 5.10 Å². The Morgan fingerprint density at radius 2 is 2.07 bits per heavy atom. The summed E-state index contributed by atoms with van der Waals surface area (Å²) in [6.45, 7) is 0. The second kappa shape index (κ2) is 3.14. The molecular formula is C10H9FN2O. The Labute approximate surface area is 80.4 Å². The summed E-state index contributed by atoms with van der Waals surface area (Å²) >= 11 is 0. The van der Waals surface area contributed by atoms with Crippen LogP contribution in [0.4, 0.5) is 4.39 Å². The molecule has 0 bridgehead atoms. The maximum Gasteiger partial charge on any atom is 0.161 e. The van der Waals surface area contributed by atoms with Crippen LogP contribution in [0.1, 0.15) is 0 Å². The lowest BCUT2D eigenvalue weighted by molar-refractivity contribution is 0.476. The van der Waals surface area contributed by atoms with Crippen molar-refractivity contribution in [3.8, 4) is 17.0 Å². The van der Waals surface area contributed by atoms with E-state index in [1.165, 1.54) is 16.9 Å². The third kappa shape index (κ3) is 1.25. The van der Waals surface area contributed by atoms with Crippen LogP contribution in [0, 0.1) is 5.82 Å². The van der Waals surface area contributed by atoms with Crippen molar-refractivity contribution in [2.45, 2.75) is 0 Å². The largest absolute Gasteiger partial charge is 0.504 e. The van der Waals surface area contributed by atoms with Gasteiger partial charge in [0.2, 0.25) is 0 Å². The molecule has 72 valence electrons. The van der Waals surface area contributed by atoms with E-state index >= 15 is 0 Å². The topological polar surface area (TPSA) is 38.0 Å². The molecule has 1 aromatic carbocycles. The first-order chi connectivity index (χ1) is 6.70. The molecule has 0 radical (unpaired) electrons. The molecule has 0 unspecified atom stereocenters. The quantitative estimate of drug-likeness (QED) is 0.749. The first-order valence-corrected chi connectivity index (χ1v) is 4.16. The van der Waals surface area contributed by atoms with Gasteiger partial charge in [0.15, 0.2) is 5.75 Å². The summed E-state index contributed by atoms with van der Waals surface area (Å²) in [6, 6.07) is 6.27. The number of aromatic hydroxyl groups is 1. The van der Waals surface area contributed by atoms with Crippen LogP contribution in [0.25, 0.3) is 11.3 Å². The van der Waals surface area contributed by atoms with E-state index in [1.54, 1.807) is 25.2 Å². The average Bonchev–Trinajstić information content (AvgIpc) is 2.48. The fraction of sp³-hybridized carbons (Fsp3) is 0.100. The fourth-order valence-electron chi connectivity index (χ4n) is 1.39. The van der Waals surface area contributed by atoms with Gasteiger partial charge in [0.05, 0.1) is 6.20 Å². The summed E-state index contributed by atoms with van der Waals surface area (Å²) < 4.78 is 14.8. The summed E-state index contributed by atoms with van der Waals surface area (Å²) in [7, 11) is 1.65. The normalized spacial score (nSPS) is 10.4. The lowest BCUT2D eigenvalue weighted by Crippen LogP contribution is -1.95. The van der Waals surface area contributed by atoms with Crippen LogP contribution in [0.2, 0.25) is 0 Å². The molecule has 0 amide bonds. The van der Waals surface area contributed by atoms with Gasteiger partial charge in [0, 0.05) is 12.6 Å². The zero-order valence-corrected chi connectivity index (χ0v) is 7.61. The van der Waals surface area contributed by atoms with Gasteiger partial charge in [-0.15, -0.1) is 0 Å². The van der Waals surface area contributed by atoms with Crippen molar-refractivity contribution in [1.29, 1.82) is 0 Å². The molecule has 0 spiro atoms. The lowest BCUT2D eigenvalue weighted by Gasteiger charge is -2.03. The summed E-state index contributed by atoms with van der Waals surface area (Å²) in [6.07, 6.45) is 1.29. The Morgan fingerprint density at radius 1 is 1.36 bits per heavy atom. The average molecular weight is 192 g/mol. The molecule has 1 aromatic heterocycles. The molecule has 0 atom stereocenters. The van der Waals surface area contributed by atoms with E-state index < -0.39 is 0 Å². The van der Waals surface area contributed by atoms with Gasteiger partial charge < -0.3 is 5.11 Å². The number of aromatic nitrogens is 2. The standard InChI is InChI=1S/C10H9FN2O/c1-13-10(9(14)6-12-13)7-4-2-3-5-8(7)11/h2-6,14H,1H3. The smallest absolute Gasteiger partial charge is 0.161 e. The maximum atomic E-state index is 13.4. The first kappa shape index (κ1) is 8.74. The number of aryl methyl sites for hydroxylation is 1. The number of hydrogen-bond acceptors (Lipinski definition) is 2. The Balaban J connectivity index is 2.66. The molecule has 0 aliphatic carbocycles. The van der Waals surface area contributed by atoms with E-state index in [1.807, 2.05) is 0 Å². The zero-order valence-electron chi connectivity index (χ0n) is 7.61. The number of nitrogens with zero attached hydrogens (tertiary/aromatic N) is 2. The monoisotopic (exact) mass is 192 g/mol. The minimum atomic E-state index is -0.369. The molecule has 0 saturated carbocycles. The highest BCUT2D eigenvalue weighted by atomic mass is 19.1. The second-order valence-electron chi connectivity index (χ2n) is 2.98. The van der Waals surface area contributed by atoms with Crippen molar-refractivity contribution in [2.24, 2.45) is 7.05 Å². The third-order valence-corrected chi connectivity index (χ3v) is 2.05. The van der Waals surface area contributed by atoms with Crippen LogP contribution in [-0.4, -0.2) is 14.9 Å². The van der Waals surface area contributed by atoms with Gasteiger partial charge in [-0.3, -0.25) is 4.68 Å². The molecule has 14 heavy (non-hydrogen) atoms. The highest BCUT2D eigenvalue weighted by Gasteiger charge is 2.12. The highest BCUT2D eigenvalue weighted by molar-refractivity contribution is 5.66. The van der Waals surface area contributed by atoms with Crippen molar-refractivity contribution in [2.75, 3.05) is 0 Å². The fourth-order valence-corrected chi connectivity index (χ4v) is 1.39. The zero-order chi connectivity index (χ0) is 10.1. The summed E-state index contributed by atoms with van der Waals surface area (Å²) in [5.74, 6) is -0.385.